The number of nitrogens with one attached hydrogen (secondary N) is 1. The molecule has 0 unspecified atom stereocenters. The predicted octanol–water partition coefficient (Wildman–Crippen LogP) is 3.72. The van der Waals surface area contributed by atoms with E-state index in [-0.39, 0.29) is 6.04 Å². The summed E-state index contributed by atoms with van der Waals surface area (Å²) in [5.74, 6) is 0.973. The van der Waals surface area contributed by atoms with Gasteiger partial charge in [-0.1, -0.05) is 24.3 Å². The van der Waals surface area contributed by atoms with E-state index in [2.05, 4.69) is 41.5 Å². The third-order valence-electron chi connectivity index (χ3n) is 3.53. The van der Waals surface area contributed by atoms with Crippen LogP contribution >= 0.6 is 0 Å². The summed E-state index contributed by atoms with van der Waals surface area (Å²) in [6, 6.07) is 14.6. The van der Waals surface area contributed by atoms with Crippen molar-refractivity contribution >= 4 is 10.9 Å². The molecule has 1 aromatic carbocycles. The highest BCUT2D eigenvalue weighted by Gasteiger charge is 2.07. The monoisotopic (exact) mass is 266 g/mol. The quantitative estimate of drug-likeness (QED) is 0.764. The highest BCUT2D eigenvalue weighted by molar-refractivity contribution is 5.81. The Balaban J connectivity index is 1.66. The molecule has 0 amide bonds. The standard InChI is InChI=1S/C17H18N2O/c1-13(16-8-4-12-20-16)18-11-9-15-6-2-5-14-7-3-10-19-17(14)15/h2-8,10,12-13,18H,9,11H2,1H3/t13-/m0/s1. The molecule has 3 rings (SSSR count). The van der Waals surface area contributed by atoms with Crippen LogP contribution in [0.1, 0.15) is 24.3 Å². The maximum Gasteiger partial charge on any atom is 0.120 e. The van der Waals surface area contributed by atoms with Crippen LogP contribution in [0.25, 0.3) is 10.9 Å². The van der Waals surface area contributed by atoms with Crippen molar-refractivity contribution in [1.82, 2.24) is 10.3 Å². The Hall–Kier alpha value is -2.13. The van der Waals surface area contributed by atoms with Crippen molar-refractivity contribution in [3.8, 4) is 0 Å². The molecule has 0 radical (unpaired) electrons. The molecule has 0 aliphatic rings. The van der Waals surface area contributed by atoms with E-state index in [1.807, 2.05) is 24.4 Å². The van der Waals surface area contributed by atoms with Crippen LogP contribution in [0.15, 0.2) is 59.3 Å². The van der Waals surface area contributed by atoms with Gasteiger partial charge in [0.1, 0.15) is 5.76 Å². The van der Waals surface area contributed by atoms with Crippen molar-refractivity contribution in [2.75, 3.05) is 6.54 Å². The predicted molar refractivity (Wildman–Crippen MR) is 80.6 cm³/mol. The van der Waals surface area contributed by atoms with Crippen molar-refractivity contribution in [3.63, 3.8) is 0 Å². The van der Waals surface area contributed by atoms with Gasteiger partial charge in [-0.15, -0.1) is 0 Å². The normalized spacial score (nSPS) is 12.7. The minimum atomic E-state index is 0.230. The van der Waals surface area contributed by atoms with E-state index in [0.717, 1.165) is 24.2 Å². The lowest BCUT2D eigenvalue weighted by molar-refractivity contribution is 0.433. The highest BCUT2D eigenvalue weighted by Crippen LogP contribution is 2.17. The van der Waals surface area contributed by atoms with Crippen LogP contribution < -0.4 is 5.32 Å². The molecule has 1 N–H and O–H groups in total. The smallest absolute Gasteiger partial charge is 0.120 e. The van der Waals surface area contributed by atoms with Gasteiger partial charge < -0.3 is 9.73 Å². The number of hydrogen-bond donors (Lipinski definition) is 1. The number of rotatable bonds is 5. The van der Waals surface area contributed by atoms with Gasteiger partial charge in [0.15, 0.2) is 0 Å². The molecule has 0 aliphatic carbocycles. The average Bonchev–Trinajstić information content (AvgIpc) is 3.02. The maximum absolute atomic E-state index is 5.39. The van der Waals surface area contributed by atoms with Gasteiger partial charge >= 0.3 is 0 Å². The first-order valence-electron chi connectivity index (χ1n) is 6.94. The molecule has 0 bridgehead atoms. The molecule has 3 nitrogen and oxygen atoms in total. The first-order chi connectivity index (χ1) is 9.84. The molecule has 20 heavy (non-hydrogen) atoms. The van der Waals surface area contributed by atoms with E-state index in [4.69, 9.17) is 4.42 Å². The first kappa shape index (κ1) is 12.9. The molecule has 0 saturated carbocycles. The van der Waals surface area contributed by atoms with Gasteiger partial charge in [-0.2, -0.15) is 0 Å². The molecular weight excluding hydrogens is 248 g/mol. The van der Waals surface area contributed by atoms with Crippen LogP contribution in [-0.4, -0.2) is 11.5 Å². The summed E-state index contributed by atoms with van der Waals surface area (Å²) in [6.07, 6.45) is 4.52. The number of fused-ring (bicyclic) bond motifs is 1. The molecule has 2 aromatic heterocycles. The van der Waals surface area contributed by atoms with Gasteiger partial charge in [-0.3, -0.25) is 4.98 Å². The summed E-state index contributed by atoms with van der Waals surface area (Å²) in [5.41, 5.74) is 2.38. The van der Waals surface area contributed by atoms with Crippen molar-refractivity contribution in [3.05, 3.63) is 66.2 Å². The second-order valence-corrected chi connectivity index (χ2v) is 4.93. The maximum atomic E-state index is 5.39. The van der Waals surface area contributed by atoms with E-state index >= 15 is 0 Å². The second-order valence-electron chi connectivity index (χ2n) is 4.93. The Morgan fingerprint density at radius 2 is 2.05 bits per heavy atom. The molecule has 0 aliphatic heterocycles. The van der Waals surface area contributed by atoms with Gasteiger partial charge in [0.05, 0.1) is 17.8 Å². The zero-order chi connectivity index (χ0) is 13.8. The summed E-state index contributed by atoms with van der Waals surface area (Å²) < 4.78 is 5.39. The van der Waals surface area contributed by atoms with Gasteiger partial charge in [0.2, 0.25) is 0 Å². The molecule has 3 heteroatoms. The molecule has 0 fully saturated rings. The van der Waals surface area contributed by atoms with Crippen LogP contribution in [0.5, 0.6) is 0 Å². The number of furan rings is 1. The number of nitrogens with zero attached hydrogens (tertiary/aromatic N) is 1. The van der Waals surface area contributed by atoms with E-state index in [9.17, 15) is 0 Å². The van der Waals surface area contributed by atoms with Gasteiger partial charge in [0, 0.05) is 11.6 Å². The number of hydrogen-bond acceptors (Lipinski definition) is 3. The highest BCUT2D eigenvalue weighted by atomic mass is 16.3. The first-order valence-corrected chi connectivity index (χ1v) is 6.94. The minimum absolute atomic E-state index is 0.230. The summed E-state index contributed by atoms with van der Waals surface area (Å²) >= 11 is 0. The molecule has 102 valence electrons. The Kier molecular flexibility index (Phi) is 3.79. The van der Waals surface area contributed by atoms with Crippen LogP contribution in [0.3, 0.4) is 0 Å². The topological polar surface area (TPSA) is 38.1 Å². The molecule has 0 saturated heterocycles. The van der Waals surface area contributed by atoms with Gasteiger partial charge in [0.25, 0.3) is 0 Å². The van der Waals surface area contributed by atoms with Crippen LogP contribution in [0, 0.1) is 0 Å². The summed E-state index contributed by atoms with van der Waals surface area (Å²) in [4.78, 5) is 4.48. The Labute approximate surface area is 118 Å². The van der Waals surface area contributed by atoms with Crippen molar-refractivity contribution in [2.45, 2.75) is 19.4 Å². The van der Waals surface area contributed by atoms with E-state index in [0.29, 0.717) is 0 Å². The van der Waals surface area contributed by atoms with E-state index in [1.54, 1.807) is 6.26 Å². The molecular formula is C17H18N2O. The minimum Gasteiger partial charge on any atom is -0.468 e. The number of para-hydroxylation sites is 1. The fourth-order valence-corrected chi connectivity index (χ4v) is 2.43. The van der Waals surface area contributed by atoms with Crippen LogP contribution in [-0.2, 0) is 6.42 Å². The number of aromatic nitrogens is 1. The lowest BCUT2D eigenvalue weighted by atomic mass is 10.1. The summed E-state index contributed by atoms with van der Waals surface area (Å²) in [7, 11) is 0. The molecule has 2 heterocycles. The Morgan fingerprint density at radius 1 is 1.15 bits per heavy atom. The molecule has 3 aromatic rings. The molecule has 1 atom stereocenters. The zero-order valence-electron chi connectivity index (χ0n) is 11.5. The number of benzene rings is 1. The fraction of sp³-hybridized carbons (Fsp3) is 0.235. The fourth-order valence-electron chi connectivity index (χ4n) is 2.43. The molecule has 0 spiro atoms. The van der Waals surface area contributed by atoms with Crippen LogP contribution in [0.4, 0.5) is 0 Å². The largest absolute Gasteiger partial charge is 0.468 e. The van der Waals surface area contributed by atoms with Crippen molar-refractivity contribution in [2.24, 2.45) is 0 Å². The Bertz CT molecular complexity index is 671. The van der Waals surface area contributed by atoms with Gasteiger partial charge in [-0.05, 0) is 43.7 Å². The Morgan fingerprint density at radius 3 is 2.90 bits per heavy atom. The zero-order valence-corrected chi connectivity index (χ0v) is 11.5. The van der Waals surface area contributed by atoms with E-state index in [1.165, 1.54) is 10.9 Å². The lowest BCUT2D eigenvalue weighted by Gasteiger charge is -2.11. The summed E-state index contributed by atoms with van der Waals surface area (Å²) in [5, 5.41) is 4.67. The van der Waals surface area contributed by atoms with Gasteiger partial charge in [-0.25, -0.2) is 0 Å². The average molecular weight is 266 g/mol. The summed E-state index contributed by atoms with van der Waals surface area (Å²) in [6.45, 7) is 3.01. The van der Waals surface area contributed by atoms with Crippen LogP contribution in [0.2, 0.25) is 0 Å². The lowest BCUT2D eigenvalue weighted by Crippen LogP contribution is -2.21. The third kappa shape index (κ3) is 2.73. The third-order valence-corrected chi connectivity index (χ3v) is 3.53. The van der Waals surface area contributed by atoms with Crippen molar-refractivity contribution < 1.29 is 4.42 Å². The number of pyridine rings is 1. The second kappa shape index (κ2) is 5.88. The van der Waals surface area contributed by atoms with E-state index < -0.39 is 0 Å². The van der Waals surface area contributed by atoms with Crippen molar-refractivity contribution in [1.29, 1.82) is 0 Å². The SMILES string of the molecule is C[C@H](NCCc1cccc2cccnc12)c1ccco1.